The molecule has 334 valence electrons. The molecule has 2 aromatic rings. The lowest BCUT2D eigenvalue weighted by atomic mass is 10.1. The number of ether oxygens (including phenoxy) is 5. The zero-order valence-corrected chi connectivity index (χ0v) is 38.6. The van der Waals surface area contributed by atoms with Crippen molar-refractivity contribution in [1.82, 2.24) is 18.4 Å². The standard InChI is InChI=1S/C19H30N2O7S.C19H32N2O5S.CO2/c1-14-10-16(26-7)11-15(2)17(14)29(24,25)20(6)8-9-21(12-27-13-22)18(23)28-19(3,4)5;1-9-21(18(22)26-19(4,5)6)11-10-20(7)27(23,24)17-14(2)12-16(25-8)13-15(17)3;2-1-3/h10-11,13H,8-9,12H2,1-7H3;12-13H,9-11H2,1-8H3;. The Morgan fingerprint density at radius 2 is 0.949 bits per heavy atom. The van der Waals surface area contributed by atoms with Crippen LogP contribution in [0.15, 0.2) is 34.1 Å². The van der Waals surface area contributed by atoms with Crippen molar-refractivity contribution in [3.05, 3.63) is 46.5 Å². The van der Waals surface area contributed by atoms with E-state index in [4.69, 9.17) is 28.5 Å². The molecule has 0 aliphatic carbocycles. The normalized spacial score (nSPS) is 11.5. The molecule has 0 fully saturated rings. The minimum Gasteiger partial charge on any atom is -0.497 e. The fourth-order valence-corrected chi connectivity index (χ4v) is 8.44. The Balaban J connectivity index is 0.00000107. The van der Waals surface area contributed by atoms with E-state index in [1.165, 1.54) is 30.4 Å². The number of rotatable bonds is 16. The lowest BCUT2D eigenvalue weighted by Crippen LogP contribution is -2.43. The second-order valence-corrected chi connectivity index (χ2v) is 19.1. The highest BCUT2D eigenvalue weighted by atomic mass is 32.2. The van der Waals surface area contributed by atoms with Crippen LogP contribution >= 0.6 is 0 Å². The highest BCUT2D eigenvalue weighted by Crippen LogP contribution is 2.29. The van der Waals surface area contributed by atoms with Crippen molar-refractivity contribution in [3.8, 4) is 11.5 Å². The summed E-state index contributed by atoms with van der Waals surface area (Å²) in [7, 11) is -1.51. The van der Waals surface area contributed by atoms with Gasteiger partial charge in [0, 0.05) is 46.8 Å². The van der Waals surface area contributed by atoms with Gasteiger partial charge in [-0.25, -0.2) is 26.4 Å². The van der Waals surface area contributed by atoms with Crippen LogP contribution < -0.4 is 9.47 Å². The zero-order valence-electron chi connectivity index (χ0n) is 37.0. The minimum absolute atomic E-state index is 0.0191. The number of likely N-dealkylation sites (N-methyl/N-ethyl adjacent to an activating group) is 3. The Labute approximate surface area is 349 Å². The van der Waals surface area contributed by atoms with Crippen LogP contribution in [0, 0.1) is 27.7 Å². The van der Waals surface area contributed by atoms with Crippen molar-refractivity contribution >= 4 is 44.9 Å². The molecule has 0 heterocycles. The van der Waals surface area contributed by atoms with Gasteiger partial charge in [0.25, 0.3) is 6.47 Å². The maximum atomic E-state index is 13.1. The average molecular weight is 875 g/mol. The molecule has 0 bridgehead atoms. The SMILES string of the molecule is CCN(CCN(C)S(=O)(=O)c1c(C)cc(OC)cc1C)C(=O)OC(C)(C)C.COc1cc(C)c(S(=O)(=O)N(C)CCN(COC=O)C(=O)OC(C)(C)C)c(C)c1.O=C=O. The first-order valence-corrected chi connectivity index (χ1v) is 21.2. The van der Waals surface area contributed by atoms with E-state index >= 15 is 0 Å². The van der Waals surface area contributed by atoms with E-state index in [0.717, 1.165) is 9.21 Å². The van der Waals surface area contributed by atoms with Crippen LogP contribution in [0.25, 0.3) is 0 Å². The van der Waals surface area contributed by atoms with Crippen LogP contribution in [0.2, 0.25) is 0 Å². The van der Waals surface area contributed by atoms with Crippen molar-refractivity contribution in [2.24, 2.45) is 0 Å². The van der Waals surface area contributed by atoms with Crippen molar-refractivity contribution in [3.63, 3.8) is 0 Å². The van der Waals surface area contributed by atoms with Gasteiger partial charge in [-0.1, -0.05) is 0 Å². The molecule has 20 heteroatoms. The molecule has 2 rings (SSSR count). The van der Waals surface area contributed by atoms with E-state index in [1.807, 2.05) is 6.92 Å². The number of benzene rings is 2. The highest BCUT2D eigenvalue weighted by Gasteiger charge is 2.29. The molecule has 2 amide bonds. The topological polar surface area (TPSA) is 213 Å². The van der Waals surface area contributed by atoms with E-state index in [1.54, 1.807) is 101 Å². The van der Waals surface area contributed by atoms with Gasteiger partial charge in [0.1, 0.15) is 22.7 Å². The van der Waals surface area contributed by atoms with Gasteiger partial charge >= 0.3 is 18.3 Å². The van der Waals surface area contributed by atoms with E-state index in [9.17, 15) is 31.2 Å². The van der Waals surface area contributed by atoms with Crippen molar-refractivity contribution in [1.29, 1.82) is 0 Å². The maximum absolute atomic E-state index is 13.1. The number of carbonyl (C=O) groups is 3. The summed E-state index contributed by atoms with van der Waals surface area (Å²) in [6, 6.07) is 6.71. The number of carbonyl (C=O) groups excluding carboxylic acids is 5. The number of aryl methyl sites for hydroxylation is 4. The lowest BCUT2D eigenvalue weighted by Gasteiger charge is -2.28. The zero-order chi connectivity index (χ0) is 46.1. The molecule has 0 unspecified atom stereocenters. The Kier molecular flexibility index (Phi) is 21.8. The van der Waals surface area contributed by atoms with Gasteiger partial charge in [-0.3, -0.25) is 9.69 Å². The van der Waals surface area contributed by atoms with E-state index in [0.29, 0.717) is 40.3 Å². The molecule has 0 radical (unpaired) electrons. The molecule has 18 nitrogen and oxygen atoms in total. The molecule has 2 aromatic carbocycles. The monoisotopic (exact) mass is 874 g/mol. The molecule has 0 aliphatic heterocycles. The van der Waals surface area contributed by atoms with Crippen LogP contribution in [-0.4, -0.2) is 139 Å². The predicted octanol–water partition coefficient (Wildman–Crippen LogP) is 4.91. The number of sulfonamides is 2. The van der Waals surface area contributed by atoms with E-state index in [2.05, 4.69) is 4.74 Å². The lowest BCUT2D eigenvalue weighted by molar-refractivity contribution is -0.191. The molecule has 0 aliphatic rings. The molecule has 0 atom stereocenters. The smallest absolute Gasteiger partial charge is 0.413 e. The van der Waals surface area contributed by atoms with Gasteiger partial charge in [0.15, 0.2) is 6.73 Å². The summed E-state index contributed by atoms with van der Waals surface area (Å²) in [5.74, 6) is 1.19. The molecular formula is C39H62N4O14S2. The average Bonchev–Trinajstić information content (AvgIpc) is 3.09. The first-order chi connectivity index (χ1) is 27.1. The number of methoxy groups -OCH3 is 2. The minimum atomic E-state index is -3.81. The fraction of sp³-hybridized carbons (Fsp3) is 0.590. The summed E-state index contributed by atoms with van der Waals surface area (Å²) in [4.78, 5) is 54.4. The third kappa shape index (κ3) is 17.6. The second kappa shape index (κ2) is 23.7. The summed E-state index contributed by atoms with van der Waals surface area (Å²) in [6.07, 6.45) is -0.908. The van der Waals surface area contributed by atoms with Crippen molar-refractivity contribution in [2.45, 2.75) is 97.2 Å². The van der Waals surface area contributed by atoms with Gasteiger partial charge in [-0.05, 0) is 123 Å². The van der Waals surface area contributed by atoms with Gasteiger partial charge in [0.2, 0.25) is 20.0 Å². The Morgan fingerprint density at radius 1 is 0.644 bits per heavy atom. The molecule has 0 N–H and O–H groups in total. The van der Waals surface area contributed by atoms with E-state index < -0.39 is 43.4 Å². The number of amides is 2. The summed E-state index contributed by atoms with van der Waals surface area (Å²) in [5, 5.41) is 0. The number of nitrogens with zero attached hydrogens (tertiary/aromatic N) is 4. The highest BCUT2D eigenvalue weighted by molar-refractivity contribution is 7.89. The quantitative estimate of drug-likeness (QED) is 0.125. The molecule has 59 heavy (non-hydrogen) atoms. The number of hydrogen-bond acceptors (Lipinski definition) is 14. The van der Waals surface area contributed by atoms with Gasteiger partial charge in [-0.2, -0.15) is 18.2 Å². The van der Waals surface area contributed by atoms with Gasteiger partial charge in [-0.15, -0.1) is 0 Å². The third-order valence-electron chi connectivity index (χ3n) is 8.03. The van der Waals surface area contributed by atoms with Crippen LogP contribution in [0.4, 0.5) is 9.59 Å². The molecule has 0 saturated heterocycles. The third-order valence-corrected chi connectivity index (χ3v) is 12.4. The molecular weight excluding hydrogens is 813 g/mol. The second-order valence-electron chi connectivity index (χ2n) is 15.1. The van der Waals surface area contributed by atoms with Crippen molar-refractivity contribution in [2.75, 3.05) is 67.8 Å². The first kappa shape index (κ1) is 54.2. The van der Waals surface area contributed by atoms with Crippen molar-refractivity contribution < 1.29 is 64.5 Å². The summed E-state index contributed by atoms with van der Waals surface area (Å²) >= 11 is 0. The van der Waals surface area contributed by atoms with Crippen LogP contribution in [0.1, 0.15) is 70.7 Å². The Hall–Kier alpha value is -4.75. The Bertz CT molecular complexity index is 1920. The van der Waals surface area contributed by atoms with Gasteiger partial charge < -0.3 is 28.6 Å². The first-order valence-electron chi connectivity index (χ1n) is 18.3. The van der Waals surface area contributed by atoms with Crippen LogP contribution in [0.3, 0.4) is 0 Å². The predicted molar refractivity (Wildman–Crippen MR) is 218 cm³/mol. The fourth-order valence-electron chi connectivity index (χ4n) is 5.31. The largest absolute Gasteiger partial charge is 0.497 e. The molecule has 0 saturated carbocycles. The van der Waals surface area contributed by atoms with Gasteiger partial charge in [0.05, 0.1) is 24.0 Å². The molecule has 0 aromatic heterocycles. The number of hydrogen-bond donors (Lipinski definition) is 0. The molecule has 0 spiro atoms. The summed E-state index contributed by atoms with van der Waals surface area (Å²) in [5.41, 5.74) is 1.02. The van der Waals surface area contributed by atoms with Crippen LogP contribution in [0.5, 0.6) is 11.5 Å². The summed E-state index contributed by atoms with van der Waals surface area (Å²) < 4.78 is 80.3. The van der Waals surface area contributed by atoms with Crippen LogP contribution in [-0.2, 0) is 48.6 Å². The summed E-state index contributed by atoms with van der Waals surface area (Å²) in [6.45, 7) is 19.9. The van der Waals surface area contributed by atoms with E-state index in [-0.39, 0.29) is 55.3 Å². The Morgan fingerprint density at radius 3 is 1.22 bits per heavy atom. The maximum Gasteiger partial charge on any atom is 0.413 e.